The Morgan fingerprint density at radius 2 is 1.87 bits per heavy atom. The zero-order valence-corrected chi connectivity index (χ0v) is 13.7. The van der Waals surface area contributed by atoms with Gasteiger partial charge in [0.2, 0.25) is 11.3 Å². The summed E-state index contributed by atoms with van der Waals surface area (Å²) < 4.78 is 6.48. The summed E-state index contributed by atoms with van der Waals surface area (Å²) in [7, 11) is 1.34. The van der Waals surface area contributed by atoms with Crippen LogP contribution in [0.1, 0.15) is 0 Å². The Hall–Kier alpha value is -2.60. The van der Waals surface area contributed by atoms with Crippen molar-refractivity contribution in [3.05, 3.63) is 63.2 Å². The maximum absolute atomic E-state index is 12.9. The number of halogens is 1. The summed E-state index contributed by atoms with van der Waals surface area (Å²) in [5.41, 5.74) is 0.884. The largest absolute Gasteiger partial charge is 0.465 e. The molecular formula is C17H12BrNO4. The van der Waals surface area contributed by atoms with Gasteiger partial charge in [0.1, 0.15) is 5.58 Å². The fraction of sp³-hybridized carbons (Fsp3) is 0.0588. The number of rotatable bonds is 2. The van der Waals surface area contributed by atoms with Crippen LogP contribution in [-0.4, -0.2) is 18.2 Å². The number of amides is 1. The number of fused-ring (bicyclic) bond motifs is 1. The van der Waals surface area contributed by atoms with Crippen molar-refractivity contribution in [1.82, 2.24) is 0 Å². The van der Waals surface area contributed by atoms with Gasteiger partial charge in [0.25, 0.3) is 0 Å². The average Bonchev–Trinajstić information content (AvgIpc) is 2.55. The molecule has 0 fully saturated rings. The molecule has 6 heteroatoms. The standard InChI is InChI=1S/C17H12BrNO4/c1-19(17(21)22)16-14(10-5-3-2-4-6-10)15(20)12-9-11(18)7-8-13(12)23-16/h2-9H,1H3,(H,21,22). The van der Waals surface area contributed by atoms with Gasteiger partial charge < -0.3 is 9.52 Å². The second-order valence-electron chi connectivity index (χ2n) is 4.96. The Morgan fingerprint density at radius 1 is 1.17 bits per heavy atom. The van der Waals surface area contributed by atoms with Crippen LogP contribution in [0.15, 0.2) is 62.2 Å². The minimum Gasteiger partial charge on any atom is -0.465 e. The van der Waals surface area contributed by atoms with E-state index in [1.54, 1.807) is 42.5 Å². The third-order valence-corrected chi connectivity index (χ3v) is 3.98. The summed E-state index contributed by atoms with van der Waals surface area (Å²) in [6.07, 6.45) is -1.21. The van der Waals surface area contributed by atoms with Crippen molar-refractivity contribution in [3.8, 4) is 11.1 Å². The quantitative estimate of drug-likeness (QED) is 0.725. The van der Waals surface area contributed by atoms with E-state index >= 15 is 0 Å². The van der Waals surface area contributed by atoms with E-state index in [0.29, 0.717) is 16.5 Å². The molecule has 0 saturated heterocycles. The van der Waals surface area contributed by atoms with Crippen molar-refractivity contribution in [3.63, 3.8) is 0 Å². The maximum Gasteiger partial charge on any atom is 0.413 e. The van der Waals surface area contributed by atoms with Gasteiger partial charge in [-0.15, -0.1) is 0 Å². The summed E-state index contributed by atoms with van der Waals surface area (Å²) in [5.74, 6) is 0.00326. The summed E-state index contributed by atoms with van der Waals surface area (Å²) in [6.45, 7) is 0. The van der Waals surface area contributed by atoms with Crippen LogP contribution in [0.4, 0.5) is 10.7 Å². The Bertz CT molecular complexity index is 950. The molecule has 0 aliphatic carbocycles. The second-order valence-corrected chi connectivity index (χ2v) is 5.88. The summed E-state index contributed by atoms with van der Waals surface area (Å²) in [6, 6.07) is 13.9. The van der Waals surface area contributed by atoms with E-state index in [-0.39, 0.29) is 16.9 Å². The van der Waals surface area contributed by atoms with E-state index in [1.807, 2.05) is 6.07 Å². The molecule has 1 heterocycles. The molecule has 0 saturated carbocycles. The van der Waals surface area contributed by atoms with Crippen molar-refractivity contribution < 1.29 is 14.3 Å². The average molecular weight is 374 g/mol. The van der Waals surface area contributed by atoms with Crippen LogP contribution in [0.3, 0.4) is 0 Å². The molecular weight excluding hydrogens is 362 g/mol. The van der Waals surface area contributed by atoms with Crippen LogP contribution in [0.2, 0.25) is 0 Å². The first-order valence-corrected chi connectivity index (χ1v) is 7.57. The topological polar surface area (TPSA) is 70.8 Å². The Labute approximate surface area is 139 Å². The first kappa shape index (κ1) is 15.3. The van der Waals surface area contributed by atoms with Crippen LogP contribution < -0.4 is 10.3 Å². The predicted molar refractivity (Wildman–Crippen MR) is 92.0 cm³/mol. The molecule has 1 aromatic heterocycles. The summed E-state index contributed by atoms with van der Waals surface area (Å²) >= 11 is 3.33. The lowest BCUT2D eigenvalue weighted by Crippen LogP contribution is -2.26. The van der Waals surface area contributed by atoms with Gasteiger partial charge in [-0.25, -0.2) is 4.79 Å². The van der Waals surface area contributed by atoms with E-state index in [4.69, 9.17) is 4.42 Å². The van der Waals surface area contributed by atoms with Crippen molar-refractivity contribution in [2.24, 2.45) is 0 Å². The third-order valence-electron chi connectivity index (χ3n) is 3.49. The van der Waals surface area contributed by atoms with Gasteiger partial charge in [0, 0.05) is 11.5 Å². The monoisotopic (exact) mass is 373 g/mol. The van der Waals surface area contributed by atoms with Gasteiger partial charge in [0.05, 0.1) is 10.9 Å². The molecule has 1 N–H and O–H groups in total. The molecule has 1 amide bonds. The number of anilines is 1. The highest BCUT2D eigenvalue weighted by molar-refractivity contribution is 9.10. The minimum atomic E-state index is -1.21. The Balaban J connectivity index is 2.43. The van der Waals surface area contributed by atoms with Crippen LogP contribution in [0.5, 0.6) is 0 Å². The smallest absolute Gasteiger partial charge is 0.413 e. The highest BCUT2D eigenvalue weighted by Crippen LogP contribution is 2.31. The molecule has 0 aliphatic heterocycles. The van der Waals surface area contributed by atoms with Crippen LogP contribution in [0.25, 0.3) is 22.1 Å². The molecule has 2 aromatic carbocycles. The van der Waals surface area contributed by atoms with Crippen LogP contribution in [-0.2, 0) is 0 Å². The van der Waals surface area contributed by atoms with E-state index in [2.05, 4.69) is 15.9 Å². The van der Waals surface area contributed by atoms with E-state index in [9.17, 15) is 14.7 Å². The third kappa shape index (κ3) is 2.73. The van der Waals surface area contributed by atoms with Crippen molar-refractivity contribution >= 4 is 38.9 Å². The fourth-order valence-electron chi connectivity index (χ4n) is 2.34. The number of benzene rings is 2. The first-order chi connectivity index (χ1) is 11.0. The van der Waals surface area contributed by atoms with Gasteiger partial charge in [0.15, 0.2) is 0 Å². The summed E-state index contributed by atoms with van der Waals surface area (Å²) in [4.78, 5) is 25.2. The molecule has 0 unspecified atom stereocenters. The lowest BCUT2D eigenvalue weighted by Gasteiger charge is -2.16. The number of carboxylic acid groups (broad SMARTS) is 1. The second kappa shape index (κ2) is 5.89. The van der Waals surface area contributed by atoms with Gasteiger partial charge in [-0.3, -0.25) is 9.69 Å². The van der Waals surface area contributed by atoms with Gasteiger partial charge in [-0.05, 0) is 23.8 Å². The normalized spacial score (nSPS) is 10.7. The summed E-state index contributed by atoms with van der Waals surface area (Å²) in [5, 5.41) is 9.66. The number of hydrogen-bond acceptors (Lipinski definition) is 3. The zero-order valence-electron chi connectivity index (χ0n) is 12.1. The SMILES string of the molecule is CN(C(=O)O)c1oc2ccc(Br)cc2c(=O)c1-c1ccccc1. The fourth-order valence-corrected chi connectivity index (χ4v) is 2.70. The van der Waals surface area contributed by atoms with Gasteiger partial charge in [-0.1, -0.05) is 46.3 Å². The van der Waals surface area contributed by atoms with Gasteiger partial charge >= 0.3 is 6.09 Å². The van der Waals surface area contributed by atoms with Gasteiger partial charge in [-0.2, -0.15) is 0 Å². The van der Waals surface area contributed by atoms with E-state index in [1.165, 1.54) is 7.05 Å². The molecule has 0 bridgehead atoms. The molecule has 0 aliphatic rings. The predicted octanol–water partition coefficient (Wildman–Crippen LogP) is 4.34. The van der Waals surface area contributed by atoms with Crippen LogP contribution in [0, 0.1) is 0 Å². The molecule has 0 radical (unpaired) electrons. The van der Waals surface area contributed by atoms with E-state index in [0.717, 1.165) is 9.37 Å². The molecule has 0 spiro atoms. The maximum atomic E-state index is 12.9. The Kier molecular flexibility index (Phi) is 3.92. The van der Waals surface area contributed by atoms with Crippen molar-refractivity contribution in [2.45, 2.75) is 0 Å². The first-order valence-electron chi connectivity index (χ1n) is 6.77. The molecule has 3 rings (SSSR count). The molecule has 0 atom stereocenters. The molecule has 3 aromatic rings. The highest BCUT2D eigenvalue weighted by atomic mass is 79.9. The minimum absolute atomic E-state index is 0.00326. The van der Waals surface area contributed by atoms with E-state index < -0.39 is 6.09 Å². The molecule has 23 heavy (non-hydrogen) atoms. The highest BCUT2D eigenvalue weighted by Gasteiger charge is 2.22. The molecule has 116 valence electrons. The number of carbonyl (C=O) groups is 1. The lowest BCUT2D eigenvalue weighted by molar-refractivity contribution is 0.202. The molecule has 5 nitrogen and oxygen atoms in total. The van der Waals surface area contributed by atoms with Crippen LogP contribution >= 0.6 is 15.9 Å². The number of hydrogen-bond donors (Lipinski definition) is 1. The lowest BCUT2D eigenvalue weighted by atomic mass is 10.0. The van der Waals surface area contributed by atoms with Crippen molar-refractivity contribution in [1.29, 1.82) is 0 Å². The zero-order chi connectivity index (χ0) is 16.6. The van der Waals surface area contributed by atoms with Crippen molar-refractivity contribution in [2.75, 3.05) is 11.9 Å². The number of nitrogens with zero attached hydrogens (tertiary/aromatic N) is 1. The Morgan fingerprint density at radius 3 is 2.52 bits per heavy atom.